The van der Waals surface area contributed by atoms with Crippen molar-refractivity contribution in [3.63, 3.8) is 0 Å². The van der Waals surface area contributed by atoms with Gasteiger partial charge in [0.2, 0.25) is 6.10 Å². The molecule has 2 atom stereocenters. The first kappa shape index (κ1) is 14.7. The van der Waals surface area contributed by atoms with Crippen LogP contribution in [0, 0.1) is 0 Å². The molecule has 0 aromatic heterocycles. The summed E-state index contributed by atoms with van der Waals surface area (Å²) in [6.07, 6.45) is 0.645. The Morgan fingerprint density at radius 1 is 1.23 bits per heavy atom. The molecule has 1 heterocycles. The van der Waals surface area contributed by atoms with Crippen molar-refractivity contribution in [2.75, 3.05) is 6.54 Å². The molecule has 1 aromatic carbocycles. The zero-order valence-electron chi connectivity index (χ0n) is 12.4. The van der Waals surface area contributed by atoms with Gasteiger partial charge in [-0.2, -0.15) is 0 Å². The van der Waals surface area contributed by atoms with E-state index in [0.717, 1.165) is 12.8 Å². The van der Waals surface area contributed by atoms with Crippen LogP contribution in [-0.2, 0) is 9.59 Å². The molecule has 0 saturated heterocycles. The molecule has 3 rings (SSSR count). The summed E-state index contributed by atoms with van der Waals surface area (Å²) in [5, 5.41) is 8.84. The van der Waals surface area contributed by atoms with Gasteiger partial charge in [-0.25, -0.2) is 0 Å². The predicted octanol–water partition coefficient (Wildman–Crippen LogP) is 1.68. The van der Waals surface area contributed by atoms with Crippen LogP contribution in [0.4, 0.5) is 0 Å². The number of amides is 1. The molecule has 22 heavy (non-hydrogen) atoms. The van der Waals surface area contributed by atoms with Gasteiger partial charge in [-0.05, 0) is 31.9 Å². The molecule has 2 aliphatic rings. The standard InChI is InChI=1S/C16H19NO5/c1-10-15(22-13-5-3-2-4-12(13)21-10)16(20)17(11-6-7-11)9-8-14(18)19/h2-5,10-11,15H,6-9H2,1H3,(H,18,19). The van der Waals surface area contributed by atoms with Gasteiger partial charge in [0, 0.05) is 12.6 Å². The van der Waals surface area contributed by atoms with E-state index in [1.54, 1.807) is 24.0 Å². The molecular formula is C16H19NO5. The van der Waals surface area contributed by atoms with Crippen LogP contribution in [0.3, 0.4) is 0 Å². The Bertz CT molecular complexity index is 584. The molecule has 1 aliphatic heterocycles. The molecule has 2 unspecified atom stereocenters. The topological polar surface area (TPSA) is 76.1 Å². The average molecular weight is 305 g/mol. The maximum atomic E-state index is 12.7. The summed E-state index contributed by atoms with van der Waals surface area (Å²) in [5.41, 5.74) is 0. The lowest BCUT2D eigenvalue weighted by Crippen LogP contribution is -2.51. The lowest BCUT2D eigenvalue weighted by molar-refractivity contribution is -0.146. The molecule has 1 aromatic rings. The second kappa shape index (κ2) is 5.87. The van der Waals surface area contributed by atoms with E-state index in [-0.39, 0.29) is 24.9 Å². The lowest BCUT2D eigenvalue weighted by atomic mass is 10.1. The van der Waals surface area contributed by atoms with Gasteiger partial charge in [0.25, 0.3) is 5.91 Å². The second-order valence-corrected chi connectivity index (χ2v) is 5.71. The number of carboxylic acid groups (broad SMARTS) is 1. The number of aliphatic carboxylic acids is 1. The zero-order chi connectivity index (χ0) is 15.7. The van der Waals surface area contributed by atoms with Gasteiger partial charge in [-0.15, -0.1) is 0 Å². The van der Waals surface area contributed by atoms with Gasteiger partial charge < -0.3 is 19.5 Å². The lowest BCUT2D eigenvalue weighted by Gasteiger charge is -2.34. The van der Waals surface area contributed by atoms with Crippen LogP contribution in [-0.4, -0.2) is 46.7 Å². The van der Waals surface area contributed by atoms with Crippen LogP contribution in [0.1, 0.15) is 26.2 Å². The van der Waals surface area contributed by atoms with Crippen LogP contribution < -0.4 is 9.47 Å². The predicted molar refractivity (Wildman–Crippen MR) is 77.9 cm³/mol. The highest BCUT2D eigenvalue weighted by atomic mass is 16.6. The van der Waals surface area contributed by atoms with Gasteiger partial charge >= 0.3 is 5.97 Å². The molecule has 118 valence electrons. The average Bonchev–Trinajstić information content (AvgIpc) is 3.31. The number of fused-ring (bicyclic) bond motifs is 1. The van der Waals surface area contributed by atoms with Crippen molar-refractivity contribution < 1.29 is 24.2 Å². The number of carbonyl (C=O) groups excluding carboxylic acids is 1. The number of para-hydroxylation sites is 2. The largest absolute Gasteiger partial charge is 0.482 e. The summed E-state index contributed by atoms with van der Waals surface area (Å²) in [5.74, 6) is 0.0823. The SMILES string of the molecule is CC1Oc2ccccc2OC1C(=O)N(CCC(=O)O)C1CC1. The van der Waals surface area contributed by atoms with Gasteiger partial charge in [0.05, 0.1) is 6.42 Å². The maximum absolute atomic E-state index is 12.7. The first-order valence-electron chi connectivity index (χ1n) is 7.51. The van der Waals surface area contributed by atoms with E-state index in [1.165, 1.54) is 0 Å². The number of ether oxygens (including phenoxy) is 2. The van der Waals surface area contributed by atoms with E-state index in [4.69, 9.17) is 14.6 Å². The van der Waals surface area contributed by atoms with Crippen LogP contribution in [0.5, 0.6) is 11.5 Å². The molecule has 1 saturated carbocycles. The van der Waals surface area contributed by atoms with Crippen LogP contribution >= 0.6 is 0 Å². The van der Waals surface area contributed by atoms with Crippen molar-refractivity contribution >= 4 is 11.9 Å². The summed E-state index contributed by atoms with van der Waals surface area (Å²) in [6, 6.07) is 7.37. The molecule has 0 radical (unpaired) electrons. The van der Waals surface area contributed by atoms with Crippen molar-refractivity contribution in [3.8, 4) is 11.5 Å². The fraction of sp³-hybridized carbons (Fsp3) is 0.500. The molecule has 0 spiro atoms. The third kappa shape index (κ3) is 3.00. The highest BCUT2D eigenvalue weighted by Gasteiger charge is 2.41. The summed E-state index contributed by atoms with van der Waals surface area (Å²) < 4.78 is 11.6. The fourth-order valence-electron chi connectivity index (χ4n) is 2.63. The number of benzene rings is 1. The first-order valence-corrected chi connectivity index (χ1v) is 7.51. The van der Waals surface area contributed by atoms with E-state index >= 15 is 0 Å². The smallest absolute Gasteiger partial charge is 0.305 e. The van der Waals surface area contributed by atoms with Crippen LogP contribution in [0.15, 0.2) is 24.3 Å². The molecule has 1 fully saturated rings. The van der Waals surface area contributed by atoms with Crippen molar-refractivity contribution in [1.82, 2.24) is 4.90 Å². The molecule has 0 bridgehead atoms. The van der Waals surface area contributed by atoms with Crippen LogP contribution in [0.2, 0.25) is 0 Å². The third-order valence-corrected chi connectivity index (χ3v) is 3.92. The van der Waals surface area contributed by atoms with Crippen molar-refractivity contribution in [1.29, 1.82) is 0 Å². The normalized spacial score (nSPS) is 23.0. The van der Waals surface area contributed by atoms with Gasteiger partial charge in [0.15, 0.2) is 11.5 Å². The van der Waals surface area contributed by atoms with E-state index < -0.39 is 18.2 Å². The van der Waals surface area contributed by atoms with Gasteiger partial charge in [0.1, 0.15) is 6.10 Å². The highest BCUT2D eigenvalue weighted by molar-refractivity contribution is 5.83. The van der Waals surface area contributed by atoms with Crippen molar-refractivity contribution in [2.45, 2.75) is 44.4 Å². The molecule has 6 nitrogen and oxygen atoms in total. The number of nitrogens with zero attached hydrogens (tertiary/aromatic N) is 1. The summed E-state index contributed by atoms with van der Waals surface area (Å²) >= 11 is 0. The van der Waals surface area contributed by atoms with E-state index in [2.05, 4.69) is 0 Å². The number of rotatable bonds is 5. The zero-order valence-corrected chi connectivity index (χ0v) is 12.4. The number of hydrogen-bond acceptors (Lipinski definition) is 4. The Hall–Kier alpha value is -2.24. The van der Waals surface area contributed by atoms with Gasteiger partial charge in [-0.1, -0.05) is 12.1 Å². The number of carboxylic acids is 1. The molecule has 1 N–H and O–H groups in total. The van der Waals surface area contributed by atoms with E-state index in [1.807, 2.05) is 12.1 Å². The van der Waals surface area contributed by atoms with E-state index in [9.17, 15) is 9.59 Å². The minimum atomic E-state index is -0.905. The number of hydrogen-bond donors (Lipinski definition) is 1. The number of carbonyl (C=O) groups is 2. The quantitative estimate of drug-likeness (QED) is 0.895. The molecule has 1 aliphatic carbocycles. The fourth-order valence-corrected chi connectivity index (χ4v) is 2.63. The Balaban J connectivity index is 1.74. The maximum Gasteiger partial charge on any atom is 0.305 e. The summed E-state index contributed by atoms with van der Waals surface area (Å²) in [6.45, 7) is 2.01. The third-order valence-electron chi connectivity index (χ3n) is 3.92. The molecule has 1 amide bonds. The second-order valence-electron chi connectivity index (χ2n) is 5.71. The monoisotopic (exact) mass is 305 g/mol. The van der Waals surface area contributed by atoms with E-state index in [0.29, 0.717) is 11.5 Å². The molecule has 6 heteroatoms. The Labute approximate surface area is 128 Å². The minimum absolute atomic E-state index is 0.0548. The van der Waals surface area contributed by atoms with Gasteiger partial charge in [-0.3, -0.25) is 9.59 Å². The first-order chi connectivity index (χ1) is 10.6. The Morgan fingerprint density at radius 3 is 2.45 bits per heavy atom. The Kier molecular flexibility index (Phi) is 3.92. The van der Waals surface area contributed by atoms with Crippen molar-refractivity contribution in [2.24, 2.45) is 0 Å². The van der Waals surface area contributed by atoms with Crippen LogP contribution in [0.25, 0.3) is 0 Å². The molecular weight excluding hydrogens is 286 g/mol. The summed E-state index contributed by atoms with van der Waals surface area (Å²) in [4.78, 5) is 25.2. The van der Waals surface area contributed by atoms with Crippen molar-refractivity contribution in [3.05, 3.63) is 24.3 Å². The Morgan fingerprint density at radius 2 is 1.86 bits per heavy atom. The minimum Gasteiger partial charge on any atom is -0.482 e. The highest BCUT2D eigenvalue weighted by Crippen LogP contribution is 2.35. The summed E-state index contributed by atoms with van der Waals surface area (Å²) in [7, 11) is 0.